The number of aromatic nitrogens is 2. The fourth-order valence-electron chi connectivity index (χ4n) is 2.23. The van der Waals surface area contributed by atoms with E-state index < -0.39 is 0 Å². The Balaban J connectivity index is 2.32. The van der Waals surface area contributed by atoms with Crippen molar-refractivity contribution in [1.82, 2.24) is 9.97 Å². The molecule has 5 heteroatoms. The molecule has 23 heavy (non-hydrogen) atoms. The third-order valence-corrected chi connectivity index (χ3v) is 3.45. The number of benzene rings is 1. The van der Waals surface area contributed by atoms with Crippen LogP contribution in [0.25, 0.3) is 0 Å². The lowest BCUT2D eigenvalue weighted by Gasteiger charge is -2.21. The highest BCUT2D eigenvalue weighted by Crippen LogP contribution is 2.23. The Bertz CT molecular complexity index is 624. The largest absolute Gasteiger partial charge is 0.394 e. The Morgan fingerprint density at radius 1 is 1.17 bits per heavy atom. The van der Waals surface area contributed by atoms with Crippen molar-refractivity contribution in [1.29, 1.82) is 0 Å². The molecule has 1 aromatic carbocycles. The van der Waals surface area contributed by atoms with Crippen LogP contribution in [0.5, 0.6) is 0 Å². The zero-order valence-corrected chi connectivity index (χ0v) is 14.2. The van der Waals surface area contributed by atoms with Crippen LogP contribution in [0, 0.1) is 0 Å². The lowest BCUT2D eigenvalue weighted by atomic mass is 9.95. The van der Waals surface area contributed by atoms with Crippen molar-refractivity contribution in [3.63, 3.8) is 0 Å². The third-order valence-electron chi connectivity index (χ3n) is 3.45. The van der Waals surface area contributed by atoms with Crippen molar-refractivity contribution in [3.8, 4) is 0 Å². The quantitative estimate of drug-likeness (QED) is 0.857. The molecule has 0 aliphatic heterocycles. The molecule has 0 aliphatic rings. The normalized spacial score (nSPS) is 12.9. The summed E-state index contributed by atoms with van der Waals surface area (Å²) < 4.78 is 5.20. The van der Waals surface area contributed by atoms with Gasteiger partial charge in [-0.2, -0.15) is 0 Å². The van der Waals surface area contributed by atoms with E-state index in [0.717, 1.165) is 17.1 Å². The number of aliphatic hydroxyl groups is 1. The van der Waals surface area contributed by atoms with Gasteiger partial charge in [-0.05, 0) is 5.56 Å². The molecular weight excluding hydrogens is 290 g/mol. The van der Waals surface area contributed by atoms with Crippen LogP contribution in [0.15, 0.2) is 36.4 Å². The molecule has 0 unspecified atom stereocenters. The first-order valence-corrected chi connectivity index (χ1v) is 7.73. The second-order valence-electron chi connectivity index (χ2n) is 6.54. The van der Waals surface area contributed by atoms with Gasteiger partial charge in [-0.25, -0.2) is 9.97 Å². The van der Waals surface area contributed by atoms with Crippen LogP contribution in [-0.2, 0) is 16.8 Å². The molecule has 1 aromatic heterocycles. The van der Waals surface area contributed by atoms with E-state index in [0.29, 0.717) is 12.4 Å². The van der Waals surface area contributed by atoms with E-state index >= 15 is 0 Å². The zero-order valence-electron chi connectivity index (χ0n) is 14.2. The highest BCUT2D eigenvalue weighted by Gasteiger charge is 2.20. The van der Waals surface area contributed by atoms with E-state index in [9.17, 15) is 5.11 Å². The minimum Gasteiger partial charge on any atom is -0.394 e. The Labute approximate surface area is 137 Å². The molecule has 2 rings (SSSR count). The molecule has 0 saturated carbocycles. The predicted octanol–water partition coefficient (Wildman–Crippen LogP) is 3.07. The van der Waals surface area contributed by atoms with Gasteiger partial charge in [0.2, 0.25) is 0 Å². The topological polar surface area (TPSA) is 67.3 Å². The first kappa shape index (κ1) is 17.4. The third kappa shape index (κ3) is 4.74. The van der Waals surface area contributed by atoms with Crippen molar-refractivity contribution in [2.75, 3.05) is 19.0 Å². The Morgan fingerprint density at radius 3 is 2.43 bits per heavy atom. The van der Waals surface area contributed by atoms with Crippen LogP contribution >= 0.6 is 0 Å². The van der Waals surface area contributed by atoms with Crippen molar-refractivity contribution >= 4 is 5.82 Å². The van der Waals surface area contributed by atoms with Gasteiger partial charge in [0.1, 0.15) is 11.6 Å². The zero-order chi connectivity index (χ0) is 16.9. The summed E-state index contributed by atoms with van der Waals surface area (Å²) in [6, 6.07) is 11.5. The van der Waals surface area contributed by atoms with Crippen molar-refractivity contribution in [3.05, 3.63) is 53.5 Å². The average Bonchev–Trinajstić information content (AvgIpc) is 2.53. The number of methoxy groups -OCH3 is 1. The standard InChI is InChI=1S/C18H25N3O2/c1-18(2,3)17-19-14(12-23-4)10-16(21-17)20-15(11-22)13-8-6-5-7-9-13/h5-10,15,22H,11-12H2,1-4H3,(H,19,20,21)/t15-/m0/s1. The summed E-state index contributed by atoms with van der Waals surface area (Å²) in [6.45, 7) is 6.63. The Morgan fingerprint density at radius 2 is 1.87 bits per heavy atom. The molecule has 1 atom stereocenters. The van der Waals surface area contributed by atoms with E-state index in [2.05, 4.69) is 36.1 Å². The molecule has 2 N–H and O–H groups in total. The van der Waals surface area contributed by atoms with Gasteiger partial charge in [0.25, 0.3) is 0 Å². The maximum absolute atomic E-state index is 9.71. The second kappa shape index (κ2) is 7.53. The first-order chi connectivity index (χ1) is 10.9. The Kier molecular flexibility index (Phi) is 5.69. The maximum Gasteiger partial charge on any atom is 0.136 e. The minimum absolute atomic E-state index is 0.0154. The van der Waals surface area contributed by atoms with Gasteiger partial charge in [0, 0.05) is 18.6 Å². The summed E-state index contributed by atoms with van der Waals surface area (Å²) in [5.74, 6) is 1.44. The second-order valence-corrected chi connectivity index (χ2v) is 6.54. The smallest absolute Gasteiger partial charge is 0.136 e. The summed E-state index contributed by atoms with van der Waals surface area (Å²) in [4.78, 5) is 9.17. The number of anilines is 1. The number of hydrogen-bond acceptors (Lipinski definition) is 5. The number of nitrogens with zero attached hydrogens (tertiary/aromatic N) is 2. The molecular formula is C18H25N3O2. The molecule has 2 aromatic rings. The van der Waals surface area contributed by atoms with Gasteiger partial charge in [0.05, 0.1) is 24.9 Å². The van der Waals surface area contributed by atoms with Gasteiger partial charge in [-0.1, -0.05) is 51.1 Å². The fraction of sp³-hybridized carbons (Fsp3) is 0.444. The first-order valence-electron chi connectivity index (χ1n) is 7.73. The SMILES string of the molecule is COCc1cc(N[C@@H](CO)c2ccccc2)nc(C(C)(C)C)n1. The molecule has 5 nitrogen and oxygen atoms in total. The number of hydrogen-bond donors (Lipinski definition) is 2. The van der Waals surface area contributed by atoms with Crippen LogP contribution in [0.1, 0.15) is 43.9 Å². The van der Waals surface area contributed by atoms with Gasteiger partial charge < -0.3 is 15.2 Å². The van der Waals surface area contributed by atoms with E-state index in [-0.39, 0.29) is 18.1 Å². The minimum atomic E-state index is -0.214. The van der Waals surface area contributed by atoms with Crippen LogP contribution in [-0.4, -0.2) is 28.8 Å². The number of aliphatic hydroxyl groups excluding tert-OH is 1. The molecule has 0 saturated heterocycles. The van der Waals surface area contributed by atoms with Crippen molar-refractivity contribution in [2.45, 2.75) is 38.8 Å². The fourth-order valence-corrected chi connectivity index (χ4v) is 2.23. The predicted molar refractivity (Wildman–Crippen MR) is 91.3 cm³/mol. The summed E-state index contributed by atoms with van der Waals surface area (Å²) in [5.41, 5.74) is 1.67. The lowest BCUT2D eigenvalue weighted by molar-refractivity contribution is 0.181. The van der Waals surface area contributed by atoms with Crippen LogP contribution in [0.4, 0.5) is 5.82 Å². The molecule has 0 amide bonds. The number of nitrogens with one attached hydrogen (secondary N) is 1. The van der Waals surface area contributed by atoms with Crippen molar-refractivity contribution < 1.29 is 9.84 Å². The molecule has 0 aliphatic carbocycles. The van der Waals surface area contributed by atoms with E-state index in [1.54, 1.807) is 7.11 Å². The average molecular weight is 315 g/mol. The summed E-state index contributed by atoms with van der Waals surface area (Å²) in [7, 11) is 1.65. The summed E-state index contributed by atoms with van der Waals surface area (Å²) in [6.07, 6.45) is 0. The van der Waals surface area contributed by atoms with E-state index in [4.69, 9.17) is 4.74 Å². The maximum atomic E-state index is 9.71. The van der Waals surface area contributed by atoms with Gasteiger partial charge in [0.15, 0.2) is 0 Å². The number of ether oxygens (including phenoxy) is 1. The molecule has 1 heterocycles. The Hall–Kier alpha value is -1.98. The van der Waals surface area contributed by atoms with Gasteiger partial charge in [-0.15, -0.1) is 0 Å². The molecule has 0 spiro atoms. The van der Waals surface area contributed by atoms with E-state index in [1.165, 1.54) is 0 Å². The monoisotopic (exact) mass is 315 g/mol. The van der Waals surface area contributed by atoms with Crippen molar-refractivity contribution in [2.24, 2.45) is 0 Å². The van der Waals surface area contributed by atoms with E-state index in [1.807, 2.05) is 36.4 Å². The lowest BCUT2D eigenvalue weighted by Crippen LogP contribution is -2.21. The van der Waals surface area contributed by atoms with Gasteiger partial charge >= 0.3 is 0 Å². The van der Waals surface area contributed by atoms with Crippen LogP contribution in [0.2, 0.25) is 0 Å². The summed E-state index contributed by atoms with van der Waals surface area (Å²) >= 11 is 0. The van der Waals surface area contributed by atoms with Gasteiger partial charge in [-0.3, -0.25) is 0 Å². The summed E-state index contributed by atoms with van der Waals surface area (Å²) in [5, 5.41) is 13.0. The number of rotatable bonds is 6. The van der Waals surface area contributed by atoms with Crippen LogP contribution < -0.4 is 5.32 Å². The molecule has 124 valence electrons. The van der Waals surface area contributed by atoms with Crippen LogP contribution in [0.3, 0.4) is 0 Å². The molecule has 0 fully saturated rings. The molecule has 0 bridgehead atoms. The highest BCUT2D eigenvalue weighted by molar-refractivity contribution is 5.40. The highest BCUT2D eigenvalue weighted by atomic mass is 16.5. The molecule has 0 radical (unpaired) electrons.